The maximum absolute atomic E-state index is 13.8. The molecule has 0 atom stereocenters. The highest BCUT2D eigenvalue weighted by molar-refractivity contribution is 7.93. The van der Waals surface area contributed by atoms with Crippen LogP contribution in [0.5, 0.6) is 0 Å². The highest BCUT2D eigenvalue weighted by Gasteiger charge is 2.33. The van der Waals surface area contributed by atoms with E-state index in [1.54, 1.807) is 54.6 Å². The molecule has 4 N–H and O–H groups in total. The number of rotatable bonds is 10. The zero-order valence-electron chi connectivity index (χ0n) is 61.3. The van der Waals surface area contributed by atoms with Gasteiger partial charge in [0.2, 0.25) is 40.1 Å². The van der Waals surface area contributed by atoms with E-state index < -0.39 is 74.8 Å². The summed E-state index contributed by atoms with van der Waals surface area (Å²) in [5.41, 5.74) is 7.95. The van der Waals surface area contributed by atoms with Crippen molar-refractivity contribution in [3.63, 3.8) is 0 Å². The predicted molar refractivity (Wildman–Crippen MR) is 415 cm³/mol. The molecule has 4 amide bonds. The van der Waals surface area contributed by atoms with Crippen molar-refractivity contribution < 1.29 is 61.7 Å². The first-order chi connectivity index (χ1) is 48.7. The van der Waals surface area contributed by atoms with Gasteiger partial charge in [-0.05, 0) is 152 Å². The molecule has 26 heteroatoms. The van der Waals surface area contributed by atoms with E-state index in [-0.39, 0.29) is 76.8 Å². The van der Waals surface area contributed by atoms with Gasteiger partial charge in [0, 0.05) is 108 Å². The SMILES string of the molecule is CNC(=O)c1c(-c2ccc(C)cc2)oc2cc3c(cc12)-c1cc(C(=O)NC(C)(C)C)cc(c1)N(S(C)(=O)=O)CCCCCCCCN3S(C)(=O)=O.CNC(=O)c1c(-c2ccc(C)cc2)oc2cc3c(cc12)-c1cc(C(=O)NC(C)(C)C)cc(c1)N(S(C)(=O)=O)CCc1ccc(cc1)CCN3S(C)(=O)=O. The topological polar surface area (TPSA) is 292 Å². The number of benzene rings is 7. The van der Waals surface area contributed by atoms with Crippen molar-refractivity contribution >= 4 is 108 Å². The Morgan fingerprint density at radius 3 is 1.06 bits per heavy atom. The Hall–Kier alpha value is -9.50. The van der Waals surface area contributed by atoms with Crippen LogP contribution >= 0.6 is 0 Å². The molecule has 12 rings (SSSR count). The van der Waals surface area contributed by atoms with E-state index in [0.29, 0.717) is 86.9 Å². The molecule has 3 aliphatic heterocycles. The number of hydrogen-bond donors (Lipinski definition) is 4. The van der Waals surface area contributed by atoms with Crippen molar-refractivity contribution in [1.82, 2.24) is 21.3 Å². The van der Waals surface area contributed by atoms with E-state index >= 15 is 0 Å². The lowest BCUT2D eigenvalue weighted by molar-refractivity contribution is 0.0910. The number of nitrogens with one attached hydrogen (secondary N) is 4. The highest BCUT2D eigenvalue weighted by Crippen LogP contribution is 2.46. The molecule has 0 saturated carbocycles. The monoisotopic (exact) mass is 1490 g/mol. The van der Waals surface area contributed by atoms with Gasteiger partial charge in [0.1, 0.15) is 22.7 Å². The van der Waals surface area contributed by atoms with E-state index in [1.165, 1.54) is 37.4 Å². The van der Waals surface area contributed by atoms with Crippen LogP contribution in [0.3, 0.4) is 0 Å². The molecular formula is C78H92N8O14S4. The van der Waals surface area contributed by atoms with Crippen molar-refractivity contribution in [1.29, 1.82) is 0 Å². The minimum atomic E-state index is -3.94. The summed E-state index contributed by atoms with van der Waals surface area (Å²) in [6.07, 6.45) is 9.79. The van der Waals surface area contributed by atoms with Crippen molar-refractivity contribution in [2.75, 3.05) is 82.5 Å². The largest absolute Gasteiger partial charge is 0.455 e. The van der Waals surface area contributed by atoms with Crippen LogP contribution in [0.2, 0.25) is 0 Å². The van der Waals surface area contributed by atoms with Crippen molar-refractivity contribution in [2.24, 2.45) is 0 Å². The second-order valence-corrected chi connectivity index (χ2v) is 36.6. The standard InChI is InChI=1S/C40H44N4O7S2.C38H48N4O7S2/c1-25-8-14-28(15-9-25)37-36(39(46)41-5)33-23-32-29-20-30(38(45)42-40(2,3)4)22-31(21-29)43(52(6,47)48)18-16-26-10-12-27(13-11-26)17-19-44(53(7,49)50)34(32)24-35(33)51-37;1-25-14-16-26(17-15-25)35-34(37(44)39-5)31-23-30-27-20-28(36(43)40-38(2,3)4)22-29(21-27)41(50(6,45)46)18-12-10-8-9-11-13-19-42(51(7,47)48)32(30)24-33(31)49-35/h8-15,20-24H,16-19H2,1-7H3,(H,41,46)(H,42,45);14-17,20-24H,8-13,18-19H2,1-7H3,(H,39,44)(H,40,43). The number of nitrogens with zero attached hydrogens (tertiary/aromatic N) is 4. The Morgan fingerprint density at radius 2 is 0.712 bits per heavy atom. The summed E-state index contributed by atoms with van der Waals surface area (Å²) in [4.78, 5) is 54.7. The summed E-state index contributed by atoms with van der Waals surface area (Å²) in [5.74, 6) is -1.05. The van der Waals surface area contributed by atoms with Crippen LogP contribution in [0, 0.1) is 13.8 Å². The van der Waals surface area contributed by atoms with E-state index in [4.69, 9.17) is 8.83 Å². The number of sulfonamides is 4. The minimum absolute atomic E-state index is 0.0665. The number of carbonyl (C=O) groups is 4. The van der Waals surface area contributed by atoms with Gasteiger partial charge < -0.3 is 30.1 Å². The molecule has 104 heavy (non-hydrogen) atoms. The second-order valence-electron chi connectivity index (χ2n) is 29.0. The van der Waals surface area contributed by atoms with Gasteiger partial charge >= 0.3 is 0 Å². The first-order valence-electron chi connectivity index (χ1n) is 34.4. The molecule has 7 aromatic carbocycles. The van der Waals surface area contributed by atoms with Crippen molar-refractivity contribution in [2.45, 2.75) is 118 Å². The van der Waals surface area contributed by atoms with Crippen LogP contribution in [0.25, 0.3) is 66.8 Å². The molecule has 2 aromatic heterocycles. The van der Waals surface area contributed by atoms with Crippen molar-refractivity contribution in [3.8, 4) is 44.9 Å². The lowest BCUT2D eigenvalue weighted by Gasteiger charge is -2.27. The average molecular weight is 1490 g/mol. The summed E-state index contributed by atoms with van der Waals surface area (Å²) in [6, 6.07) is 39.0. The summed E-state index contributed by atoms with van der Waals surface area (Å²) in [7, 11) is -12.4. The summed E-state index contributed by atoms with van der Waals surface area (Å²) >= 11 is 0. The molecule has 3 aliphatic rings. The van der Waals surface area contributed by atoms with E-state index in [1.807, 2.05) is 128 Å². The molecule has 0 saturated heterocycles. The Kier molecular flexibility index (Phi) is 22.5. The number of carbonyl (C=O) groups excluding carboxylic acids is 4. The van der Waals surface area contributed by atoms with Gasteiger partial charge in [-0.2, -0.15) is 0 Å². The molecule has 0 spiro atoms. The first kappa shape index (κ1) is 77.1. The van der Waals surface area contributed by atoms with Gasteiger partial charge in [0.05, 0.1) is 58.9 Å². The van der Waals surface area contributed by atoms with E-state index in [2.05, 4.69) is 21.3 Å². The second kappa shape index (κ2) is 30.3. The summed E-state index contributed by atoms with van der Waals surface area (Å²) in [6.45, 7) is 15.5. The number of anilines is 4. The fourth-order valence-corrected chi connectivity index (χ4v) is 16.8. The van der Waals surface area contributed by atoms with Crippen LogP contribution < -0.4 is 38.5 Å². The van der Waals surface area contributed by atoms with E-state index in [0.717, 1.165) is 73.0 Å². The molecule has 6 bridgehead atoms. The normalized spacial score (nSPS) is 14.6. The quantitative estimate of drug-likeness (QED) is 0.0990. The van der Waals surface area contributed by atoms with Crippen LogP contribution in [0.15, 0.2) is 142 Å². The third-order valence-corrected chi connectivity index (χ3v) is 22.8. The molecule has 22 nitrogen and oxygen atoms in total. The summed E-state index contributed by atoms with van der Waals surface area (Å²) < 4.78 is 126. The average Bonchev–Trinajstić information content (AvgIpc) is 1.60. The molecule has 0 unspecified atom stereocenters. The maximum Gasteiger partial charge on any atom is 0.255 e. The number of fused-ring (bicyclic) bond motifs is 12. The third kappa shape index (κ3) is 18.0. The molecule has 552 valence electrons. The lowest BCUT2D eigenvalue weighted by Crippen LogP contribution is -2.40. The van der Waals surface area contributed by atoms with Gasteiger partial charge in [0.25, 0.3) is 23.6 Å². The Bertz CT molecular complexity index is 5270. The minimum Gasteiger partial charge on any atom is -0.455 e. The lowest BCUT2D eigenvalue weighted by atomic mass is 9.96. The molecule has 5 heterocycles. The van der Waals surface area contributed by atoms with E-state index in [9.17, 15) is 52.8 Å². The number of aryl methyl sites for hydroxylation is 2. The molecule has 9 aromatic rings. The zero-order valence-corrected chi connectivity index (χ0v) is 64.6. The molecule has 0 fully saturated rings. The number of amides is 4. The van der Waals surface area contributed by atoms with Gasteiger partial charge in [-0.25, -0.2) is 33.7 Å². The zero-order chi connectivity index (χ0) is 75.8. The van der Waals surface area contributed by atoms with Gasteiger partial charge in [-0.3, -0.25) is 36.4 Å². The first-order valence-corrected chi connectivity index (χ1v) is 41.8. The Morgan fingerprint density at radius 1 is 0.385 bits per heavy atom. The maximum atomic E-state index is 13.8. The molecular weight excluding hydrogens is 1400 g/mol. The van der Waals surface area contributed by atoms with Crippen LogP contribution in [-0.4, -0.2) is 134 Å². The van der Waals surface area contributed by atoms with Gasteiger partial charge in [0.15, 0.2) is 0 Å². The van der Waals surface area contributed by atoms with Gasteiger partial charge in [-0.15, -0.1) is 0 Å². The fourth-order valence-electron chi connectivity index (χ4n) is 13.0. The number of furan rings is 2. The fraction of sp³-hybridized carbons (Fsp3) is 0.359. The number of hydrogen-bond acceptors (Lipinski definition) is 14. The van der Waals surface area contributed by atoms with Gasteiger partial charge in [-0.1, -0.05) is 110 Å². The Balaban J connectivity index is 0.000000223. The molecule has 0 radical (unpaired) electrons. The van der Waals surface area contributed by atoms with Crippen LogP contribution in [-0.2, 0) is 52.9 Å². The summed E-state index contributed by atoms with van der Waals surface area (Å²) in [5, 5.41) is 12.2. The molecule has 0 aliphatic carbocycles. The highest BCUT2D eigenvalue weighted by atomic mass is 32.2. The third-order valence-electron chi connectivity index (χ3n) is 18.0. The van der Waals surface area contributed by atoms with Crippen LogP contribution in [0.1, 0.15) is 144 Å². The Labute approximate surface area is 610 Å². The smallest absolute Gasteiger partial charge is 0.255 e. The predicted octanol–water partition coefficient (Wildman–Crippen LogP) is 13.1. The van der Waals surface area contributed by atoms with Crippen LogP contribution in [0.4, 0.5) is 22.7 Å². The van der Waals surface area contributed by atoms with Crippen molar-refractivity contribution in [3.05, 3.63) is 178 Å².